The van der Waals surface area contributed by atoms with E-state index in [1.54, 1.807) is 4.68 Å². The Labute approximate surface area is 165 Å². The first-order valence-corrected chi connectivity index (χ1v) is 9.97. The molecule has 1 saturated carbocycles. The number of benzene rings is 1. The van der Waals surface area contributed by atoms with E-state index in [4.69, 9.17) is 4.74 Å². The van der Waals surface area contributed by atoms with Gasteiger partial charge in [-0.05, 0) is 56.3 Å². The monoisotopic (exact) mass is 384 g/mol. The molecule has 28 heavy (non-hydrogen) atoms. The van der Waals surface area contributed by atoms with Gasteiger partial charge in [0.15, 0.2) is 0 Å². The summed E-state index contributed by atoms with van der Waals surface area (Å²) in [5, 5.41) is 11.1. The van der Waals surface area contributed by atoms with Crippen molar-refractivity contribution in [1.82, 2.24) is 30.0 Å². The molecule has 0 atom stereocenters. The van der Waals surface area contributed by atoms with Crippen LogP contribution in [0.4, 0.5) is 0 Å². The Morgan fingerprint density at radius 2 is 2.07 bits per heavy atom. The fourth-order valence-electron chi connectivity index (χ4n) is 4.34. The van der Waals surface area contributed by atoms with E-state index in [2.05, 4.69) is 40.6 Å². The van der Waals surface area contributed by atoms with Gasteiger partial charge in [-0.15, -0.1) is 5.10 Å². The molecule has 2 heterocycles. The zero-order valence-electron chi connectivity index (χ0n) is 16.6. The quantitative estimate of drug-likeness (QED) is 0.799. The summed E-state index contributed by atoms with van der Waals surface area (Å²) in [6.07, 6.45) is 6.01. The Morgan fingerprint density at radius 1 is 1.29 bits per heavy atom. The lowest BCUT2D eigenvalue weighted by Crippen LogP contribution is -2.51. The van der Waals surface area contributed by atoms with Gasteiger partial charge in [-0.3, -0.25) is 4.79 Å². The van der Waals surface area contributed by atoms with Crippen LogP contribution in [0, 0.1) is 0 Å². The molecule has 0 bridgehead atoms. The minimum atomic E-state index is -0.302. The second kappa shape index (κ2) is 7.87. The van der Waals surface area contributed by atoms with Gasteiger partial charge in [-0.2, -0.15) is 0 Å². The number of ether oxygens (including phenoxy) is 1. The molecule has 1 fully saturated rings. The molecule has 1 aliphatic heterocycles. The number of para-hydroxylation sites is 1. The Balaban J connectivity index is 1.52. The molecule has 1 aromatic carbocycles. The van der Waals surface area contributed by atoms with Crippen molar-refractivity contribution in [2.45, 2.75) is 56.8 Å². The topological polar surface area (TPSA) is 76.4 Å². The van der Waals surface area contributed by atoms with Crippen LogP contribution in [-0.4, -0.2) is 68.2 Å². The molecule has 150 valence electrons. The SMILES string of the molecule is CN(C)C1CCC2(CC1)CN(C(=O)CCn1cnnn1)Cc1ccccc1O2. The highest BCUT2D eigenvalue weighted by Gasteiger charge is 2.42. The minimum Gasteiger partial charge on any atom is -0.485 e. The van der Waals surface area contributed by atoms with Crippen molar-refractivity contribution in [2.75, 3.05) is 20.6 Å². The van der Waals surface area contributed by atoms with E-state index in [1.165, 1.54) is 6.33 Å². The number of fused-ring (bicyclic) bond motifs is 1. The normalized spacial score (nSPS) is 24.7. The standard InChI is InChI=1S/C20H28N6O2/c1-24(2)17-7-10-20(11-8-17)14-25(13-16-5-3-4-6-18(16)28-20)19(27)9-12-26-15-21-22-23-26/h3-6,15,17H,7-14H2,1-2H3. The van der Waals surface area contributed by atoms with Gasteiger partial charge in [0.05, 0.1) is 13.1 Å². The molecule has 0 radical (unpaired) electrons. The Bertz CT molecular complexity index is 799. The van der Waals surface area contributed by atoms with Crippen molar-refractivity contribution in [3.63, 3.8) is 0 Å². The molecule has 1 amide bonds. The van der Waals surface area contributed by atoms with Gasteiger partial charge >= 0.3 is 0 Å². The number of carbonyl (C=O) groups excluding carboxylic acids is 1. The number of rotatable bonds is 4. The summed E-state index contributed by atoms with van der Waals surface area (Å²) in [4.78, 5) is 17.3. The van der Waals surface area contributed by atoms with Crippen LogP contribution in [0.15, 0.2) is 30.6 Å². The number of aryl methyl sites for hydroxylation is 1. The van der Waals surface area contributed by atoms with Crippen molar-refractivity contribution in [3.05, 3.63) is 36.2 Å². The number of hydrogen-bond donors (Lipinski definition) is 0. The smallest absolute Gasteiger partial charge is 0.224 e. The van der Waals surface area contributed by atoms with Crippen LogP contribution >= 0.6 is 0 Å². The lowest BCUT2D eigenvalue weighted by molar-refractivity contribution is -0.135. The third-order valence-electron chi connectivity index (χ3n) is 6.03. The lowest BCUT2D eigenvalue weighted by Gasteiger charge is -2.43. The molecular weight excluding hydrogens is 356 g/mol. The Kier molecular flexibility index (Phi) is 5.30. The molecule has 0 unspecified atom stereocenters. The summed E-state index contributed by atoms with van der Waals surface area (Å²) < 4.78 is 8.19. The van der Waals surface area contributed by atoms with E-state index in [-0.39, 0.29) is 11.5 Å². The van der Waals surface area contributed by atoms with Crippen LogP contribution in [0.25, 0.3) is 0 Å². The molecule has 8 nitrogen and oxygen atoms in total. The van der Waals surface area contributed by atoms with Gasteiger partial charge in [0.25, 0.3) is 0 Å². The number of tetrazole rings is 1. The number of hydrogen-bond acceptors (Lipinski definition) is 6. The highest BCUT2D eigenvalue weighted by Crippen LogP contribution is 2.39. The van der Waals surface area contributed by atoms with E-state index in [9.17, 15) is 4.79 Å². The van der Waals surface area contributed by atoms with E-state index in [0.717, 1.165) is 37.0 Å². The largest absolute Gasteiger partial charge is 0.485 e. The molecule has 1 aromatic heterocycles. The molecule has 4 rings (SSSR count). The summed E-state index contributed by atoms with van der Waals surface area (Å²) in [5.74, 6) is 1.03. The molecule has 0 saturated heterocycles. The zero-order valence-corrected chi connectivity index (χ0v) is 16.6. The highest BCUT2D eigenvalue weighted by molar-refractivity contribution is 5.76. The van der Waals surface area contributed by atoms with Crippen molar-refractivity contribution in [2.24, 2.45) is 0 Å². The Morgan fingerprint density at radius 3 is 2.79 bits per heavy atom. The third-order valence-corrected chi connectivity index (χ3v) is 6.03. The fourth-order valence-corrected chi connectivity index (χ4v) is 4.34. The van der Waals surface area contributed by atoms with E-state index in [0.29, 0.717) is 32.1 Å². The predicted molar refractivity (Wildman–Crippen MR) is 104 cm³/mol. The first-order chi connectivity index (χ1) is 13.5. The predicted octanol–water partition coefficient (Wildman–Crippen LogP) is 1.73. The van der Waals surface area contributed by atoms with E-state index in [1.807, 2.05) is 23.1 Å². The average molecular weight is 384 g/mol. The van der Waals surface area contributed by atoms with Gasteiger partial charge in [0, 0.05) is 24.6 Å². The molecule has 0 N–H and O–H groups in total. The van der Waals surface area contributed by atoms with Crippen molar-refractivity contribution >= 4 is 5.91 Å². The summed E-state index contributed by atoms with van der Waals surface area (Å²) in [5.41, 5.74) is 0.772. The molecule has 1 aliphatic carbocycles. The van der Waals surface area contributed by atoms with E-state index >= 15 is 0 Å². The van der Waals surface area contributed by atoms with Crippen LogP contribution in [0.1, 0.15) is 37.7 Å². The summed E-state index contributed by atoms with van der Waals surface area (Å²) in [7, 11) is 4.28. The van der Waals surface area contributed by atoms with Crippen LogP contribution in [0.3, 0.4) is 0 Å². The van der Waals surface area contributed by atoms with Gasteiger partial charge in [0.1, 0.15) is 17.7 Å². The minimum absolute atomic E-state index is 0.116. The highest BCUT2D eigenvalue weighted by atomic mass is 16.5. The molecule has 8 heteroatoms. The molecule has 1 spiro atoms. The van der Waals surface area contributed by atoms with Crippen molar-refractivity contribution in [3.8, 4) is 5.75 Å². The molecular formula is C20H28N6O2. The maximum Gasteiger partial charge on any atom is 0.224 e. The number of carbonyl (C=O) groups is 1. The van der Waals surface area contributed by atoms with Crippen LogP contribution < -0.4 is 4.74 Å². The number of aromatic nitrogens is 4. The Hall–Kier alpha value is -2.48. The summed E-state index contributed by atoms with van der Waals surface area (Å²) >= 11 is 0. The second-order valence-electron chi connectivity index (χ2n) is 8.16. The number of amides is 1. The molecule has 2 aromatic rings. The van der Waals surface area contributed by atoms with Crippen LogP contribution in [0.5, 0.6) is 5.75 Å². The zero-order chi connectivity index (χ0) is 19.6. The fraction of sp³-hybridized carbons (Fsp3) is 0.600. The van der Waals surface area contributed by atoms with Gasteiger partial charge in [0.2, 0.25) is 5.91 Å². The lowest BCUT2D eigenvalue weighted by atomic mass is 9.81. The maximum absolute atomic E-state index is 13.0. The van der Waals surface area contributed by atoms with Crippen molar-refractivity contribution in [1.29, 1.82) is 0 Å². The van der Waals surface area contributed by atoms with Gasteiger partial charge in [-0.1, -0.05) is 18.2 Å². The molecule has 2 aliphatic rings. The number of nitrogens with zero attached hydrogens (tertiary/aromatic N) is 6. The summed E-state index contributed by atoms with van der Waals surface area (Å²) in [6, 6.07) is 8.68. The second-order valence-corrected chi connectivity index (χ2v) is 8.16. The van der Waals surface area contributed by atoms with E-state index < -0.39 is 0 Å². The maximum atomic E-state index is 13.0. The van der Waals surface area contributed by atoms with Gasteiger partial charge in [-0.25, -0.2) is 4.68 Å². The first kappa shape index (κ1) is 18.9. The third kappa shape index (κ3) is 4.01. The van der Waals surface area contributed by atoms with Crippen LogP contribution in [-0.2, 0) is 17.9 Å². The summed E-state index contributed by atoms with van der Waals surface area (Å²) in [6.45, 7) is 1.71. The van der Waals surface area contributed by atoms with Crippen molar-refractivity contribution < 1.29 is 9.53 Å². The van der Waals surface area contributed by atoms with Gasteiger partial charge < -0.3 is 14.5 Å². The average Bonchev–Trinajstić information content (AvgIpc) is 3.15. The first-order valence-electron chi connectivity index (χ1n) is 9.97. The van der Waals surface area contributed by atoms with Crippen LogP contribution in [0.2, 0.25) is 0 Å².